The molecule has 0 fully saturated rings. The Bertz CT molecular complexity index is 3.25. The van der Waals surface area contributed by atoms with Gasteiger partial charge in [-0.1, -0.05) is 0 Å². The van der Waals surface area contributed by atoms with Crippen LogP contribution >= 0.6 is 24.0 Å². The van der Waals surface area contributed by atoms with Gasteiger partial charge in [-0.25, -0.2) is 0 Å². The molecule has 0 nitrogen and oxygen atoms in total. The summed E-state index contributed by atoms with van der Waals surface area (Å²) < 4.78 is 0. The van der Waals surface area contributed by atoms with Crippen molar-refractivity contribution in [2.24, 2.45) is 0 Å². The third-order valence-electron chi connectivity index (χ3n) is 0. The Kier molecular flexibility index (Phi) is 113. The van der Waals surface area contributed by atoms with Crippen LogP contribution in [0.4, 0.5) is 0 Å². The summed E-state index contributed by atoms with van der Waals surface area (Å²) >= 11 is 0. The van der Waals surface area contributed by atoms with Crippen LogP contribution in [0, 0.1) is 0 Å². The third-order valence-corrected chi connectivity index (χ3v) is 0. The predicted molar refractivity (Wildman–Crippen MR) is 15.4 cm³/mol. The molecular formula is HCdI3. The third kappa shape index (κ3) is 8.93. The van der Waals surface area contributed by atoms with Gasteiger partial charge in [-0.2, -0.15) is 0 Å². The van der Waals surface area contributed by atoms with E-state index in [1.54, 1.807) is 0 Å². The molecule has 0 unspecified atom stereocenters. The Hall–Kier alpha value is 3.11. The molecule has 0 aromatic rings. The van der Waals surface area contributed by atoms with Gasteiger partial charge in [0.1, 0.15) is 0 Å². The average molecular weight is 494 g/mol. The summed E-state index contributed by atoms with van der Waals surface area (Å²) in [7, 11) is 0. The minimum Gasteiger partial charge on any atom is -1.00 e. The Morgan fingerprint density at radius 2 is 0.750 bits per heavy atom. The maximum atomic E-state index is 0. The number of hydrogen-bond acceptors (Lipinski definition) is 0. The molecule has 0 aromatic heterocycles. The van der Waals surface area contributed by atoms with E-state index in [0.29, 0.717) is 0 Å². The molecule has 0 aliphatic rings. The molecule has 0 saturated heterocycles. The van der Waals surface area contributed by atoms with Crippen LogP contribution in [0.15, 0.2) is 0 Å². The van der Waals surface area contributed by atoms with Gasteiger partial charge >= 0.3 is 27.3 Å². The summed E-state index contributed by atoms with van der Waals surface area (Å²) in [5, 5.41) is 0. The van der Waals surface area contributed by atoms with Crippen LogP contribution in [0.25, 0.3) is 0 Å². The molecule has 0 N–H and O–H groups in total. The number of halogens is 3. The minimum atomic E-state index is 0. The molecule has 4 heavy (non-hydrogen) atoms. The first-order chi connectivity index (χ1) is 0. The van der Waals surface area contributed by atoms with Gasteiger partial charge in [0.15, 0.2) is 0 Å². The summed E-state index contributed by atoms with van der Waals surface area (Å²) in [4.78, 5) is 0. The van der Waals surface area contributed by atoms with Gasteiger partial charge in [-0.05, 0) is 0 Å². The zero-order chi connectivity index (χ0) is 0. The monoisotopic (exact) mass is 496 g/mol. The van der Waals surface area contributed by atoms with Crippen LogP contribution < -0.4 is 48.0 Å². The van der Waals surface area contributed by atoms with E-state index in [0.717, 1.165) is 0 Å². The van der Waals surface area contributed by atoms with Crippen molar-refractivity contribution in [1.82, 2.24) is 0 Å². The Labute approximate surface area is 97.1 Å². The van der Waals surface area contributed by atoms with Crippen molar-refractivity contribution < 1.29 is 75.3 Å². The van der Waals surface area contributed by atoms with E-state index in [2.05, 4.69) is 0 Å². The van der Waals surface area contributed by atoms with Crippen LogP contribution in [0.5, 0.6) is 0 Å². The summed E-state index contributed by atoms with van der Waals surface area (Å²) in [5.74, 6) is 0. The van der Waals surface area contributed by atoms with Crippen LogP contribution in [0.2, 0.25) is 0 Å². The first-order valence-electron chi connectivity index (χ1n) is 0. The quantitative estimate of drug-likeness (QED) is 0.233. The van der Waals surface area contributed by atoms with Crippen molar-refractivity contribution in [2.45, 2.75) is 0 Å². The normalized spacial score (nSPS) is 0. The van der Waals surface area contributed by atoms with E-state index in [9.17, 15) is 0 Å². The molecule has 0 radical (unpaired) electrons. The minimum absolute atomic E-state index is 0. The van der Waals surface area contributed by atoms with Gasteiger partial charge in [0.25, 0.3) is 0 Å². The molecule has 24 valence electrons. The van der Waals surface area contributed by atoms with Crippen molar-refractivity contribution in [3.05, 3.63) is 0 Å². The second-order valence-corrected chi connectivity index (χ2v) is 0. The molecule has 0 saturated carbocycles. The first-order valence-corrected chi connectivity index (χ1v) is 0. The summed E-state index contributed by atoms with van der Waals surface area (Å²) in [6, 6.07) is 0. The van der Waals surface area contributed by atoms with E-state index >= 15 is 0 Å². The van der Waals surface area contributed by atoms with Crippen LogP contribution in [-0.4, -0.2) is 0 Å². The van der Waals surface area contributed by atoms with E-state index in [-0.39, 0.29) is 99.2 Å². The van der Waals surface area contributed by atoms with Gasteiger partial charge in [0.2, 0.25) is 0 Å². The molecule has 0 spiro atoms. The predicted octanol–water partition coefficient (Wildman–Crippen LogP) is -5.38. The van der Waals surface area contributed by atoms with E-state index in [1.165, 1.54) is 0 Å². The Morgan fingerprint density at radius 1 is 0.750 bits per heavy atom. The molecule has 0 aliphatic heterocycles. The van der Waals surface area contributed by atoms with Crippen LogP contribution in [-0.2, 0) is 27.3 Å². The second-order valence-electron chi connectivity index (χ2n) is 0. The SMILES string of the molecule is I.[Cd+2].[I-].[I-]. The maximum Gasteiger partial charge on any atom is 2.00 e. The Balaban J connectivity index is 0. The van der Waals surface area contributed by atoms with Gasteiger partial charge in [-0.3, -0.25) is 0 Å². The summed E-state index contributed by atoms with van der Waals surface area (Å²) in [6.07, 6.45) is 0. The summed E-state index contributed by atoms with van der Waals surface area (Å²) in [5.41, 5.74) is 0. The Morgan fingerprint density at radius 3 is 0.750 bits per heavy atom. The standard InChI is InChI=1S/Cd.3HI/h;3*1H/q+2;;;/p-2. The van der Waals surface area contributed by atoms with Crippen molar-refractivity contribution in [1.29, 1.82) is 0 Å². The molecular weight excluding hydrogens is 493 g/mol. The smallest absolute Gasteiger partial charge is 1.00 e. The average Bonchev–Trinajstić information content (AvgIpc) is 0. The second kappa shape index (κ2) is 16.5. The van der Waals surface area contributed by atoms with Crippen molar-refractivity contribution in [3.63, 3.8) is 0 Å². The number of rotatable bonds is 0. The zero-order valence-electron chi connectivity index (χ0n) is 1.87. The maximum absolute atomic E-state index is 0. The van der Waals surface area contributed by atoms with E-state index in [4.69, 9.17) is 0 Å². The van der Waals surface area contributed by atoms with E-state index < -0.39 is 0 Å². The first kappa shape index (κ1) is 27.4. The van der Waals surface area contributed by atoms with Gasteiger partial charge in [0.05, 0.1) is 0 Å². The van der Waals surface area contributed by atoms with Gasteiger partial charge in [0, 0.05) is 0 Å². The van der Waals surface area contributed by atoms with Crippen LogP contribution in [0.1, 0.15) is 0 Å². The molecule has 0 atom stereocenters. The molecule has 0 rings (SSSR count). The van der Waals surface area contributed by atoms with Gasteiger partial charge < -0.3 is 48.0 Å². The van der Waals surface area contributed by atoms with Crippen molar-refractivity contribution in [2.75, 3.05) is 0 Å². The topological polar surface area (TPSA) is 0 Å². The summed E-state index contributed by atoms with van der Waals surface area (Å²) in [6.45, 7) is 0. The molecule has 0 amide bonds. The van der Waals surface area contributed by atoms with Crippen LogP contribution in [0.3, 0.4) is 0 Å². The largest absolute Gasteiger partial charge is 2.00 e. The molecule has 0 heterocycles. The fourth-order valence-corrected chi connectivity index (χ4v) is 0. The number of hydrogen-bond donors (Lipinski definition) is 0. The molecule has 0 aromatic carbocycles. The van der Waals surface area contributed by atoms with Crippen molar-refractivity contribution >= 4 is 24.0 Å². The van der Waals surface area contributed by atoms with Crippen molar-refractivity contribution in [3.8, 4) is 0 Å². The van der Waals surface area contributed by atoms with E-state index in [1.807, 2.05) is 0 Å². The molecule has 0 aliphatic carbocycles. The van der Waals surface area contributed by atoms with Gasteiger partial charge in [-0.15, -0.1) is 24.0 Å². The molecule has 4 heteroatoms. The molecule has 0 bridgehead atoms. The zero-order valence-corrected chi connectivity index (χ0v) is 12.6. The fourth-order valence-electron chi connectivity index (χ4n) is 0. The fraction of sp³-hybridized carbons (Fsp3) is 0.